The molecule has 1 saturated heterocycles. The molecule has 2 saturated carbocycles. The van der Waals surface area contributed by atoms with E-state index in [9.17, 15) is 18.0 Å². The second-order valence-corrected chi connectivity index (χ2v) is 8.85. The first kappa shape index (κ1) is 14.8. The van der Waals surface area contributed by atoms with Crippen molar-refractivity contribution in [2.75, 3.05) is 24.6 Å². The summed E-state index contributed by atoms with van der Waals surface area (Å²) in [7, 11) is -2.99. The third kappa shape index (κ3) is 3.39. The van der Waals surface area contributed by atoms with Gasteiger partial charge in [-0.15, -0.1) is 0 Å². The van der Waals surface area contributed by atoms with Crippen LogP contribution < -0.4 is 5.32 Å². The summed E-state index contributed by atoms with van der Waals surface area (Å²) in [5, 5.41) is 2.79. The summed E-state index contributed by atoms with van der Waals surface area (Å²) in [4.78, 5) is 25.8. The van der Waals surface area contributed by atoms with E-state index >= 15 is 0 Å². The molecule has 3 fully saturated rings. The van der Waals surface area contributed by atoms with Crippen LogP contribution >= 0.6 is 0 Å². The number of sulfone groups is 1. The van der Waals surface area contributed by atoms with Gasteiger partial charge in [0.25, 0.3) is 0 Å². The second kappa shape index (κ2) is 5.26. The quantitative estimate of drug-likeness (QED) is 0.778. The first-order valence-electron chi connectivity index (χ1n) is 7.67. The maximum atomic E-state index is 12.2. The molecule has 0 bridgehead atoms. The molecule has 0 radical (unpaired) electrons. The van der Waals surface area contributed by atoms with E-state index in [1.165, 1.54) is 17.7 Å². The van der Waals surface area contributed by atoms with Crippen molar-refractivity contribution in [3.8, 4) is 0 Å². The largest absolute Gasteiger partial charge is 0.344 e. The van der Waals surface area contributed by atoms with Crippen molar-refractivity contribution in [1.29, 1.82) is 0 Å². The van der Waals surface area contributed by atoms with E-state index in [-0.39, 0.29) is 42.3 Å². The highest BCUT2D eigenvalue weighted by atomic mass is 32.2. The van der Waals surface area contributed by atoms with Gasteiger partial charge in [-0.2, -0.15) is 0 Å². The Bertz CT molecular complexity index is 541. The molecule has 0 spiro atoms. The van der Waals surface area contributed by atoms with Gasteiger partial charge in [-0.3, -0.25) is 9.59 Å². The number of carbonyl (C=O) groups excluding carboxylic acids is 2. The van der Waals surface area contributed by atoms with Gasteiger partial charge < -0.3 is 10.2 Å². The maximum Gasteiger partial charge on any atom is 0.244 e. The van der Waals surface area contributed by atoms with E-state index in [0.29, 0.717) is 5.92 Å². The number of amides is 2. The van der Waals surface area contributed by atoms with Crippen molar-refractivity contribution in [2.24, 2.45) is 17.8 Å². The van der Waals surface area contributed by atoms with Crippen LogP contribution in [0.1, 0.15) is 26.2 Å². The third-order valence-corrected chi connectivity index (χ3v) is 6.40. The number of hydrogen-bond acceptors (Lipinski definition) is 4. The minimum absolute atomic E-state index is 0.0163. The Hall–Kier alpha value is -1.11. The molecule has 6 nitrogen and oxygen atoms in total. The molecule has 0 aromatic rings. The van der Waals surface area contributed by atoms with Crippen molar-refractivity contribution in [2.45, 2.75) is 32.2 Å². The predicted molar refractivity (Wildman–Crippen MR) is 77.2 cm³/mol. The highest BCUT2D eigenvalue weighted by Crippen LogP contribution is 2.54. The standard InChI is InChI=1S/C14H22N2O4S/c1-9(14(18)16-4-6-21(19,20)7-5-16)15-13(17)12-8-11(12)10-2-3-10/h9-12H,2-8H2,1H3,(H,15,17)/t9-,11-,12-/m0/s1. The summed E-state index contributed by atoms with van der Waals surface area (Å²) < 4.78 is 22.7. The number of nitrogens with one attached hydrogen (secondary N) is 1. The molecule has 118 valence electrons. The molecule has 1 N–H and O–H groups in total. The van der Waals surface area contributed by atoms with E-state index in [2.05, 4.69) is 5.32 Å². The number of nitrogens with zero attached hydrogens (tertiary/aromatic N) is 1. The molecule has 2 amide bonds. The Kier molecular flexibility index (Phi) is 3.71. The number of hydrogen-bond donors (Lipinski definition) is 1. The number of carbonyl (C=O) groups is 2. The molecule has 2 aliphatic carbocycles. The zero-order valence-electron chi connectivity index (χ0n) is 12.2. The van der Waals surface area contributed by atoms with Gasteiger partial charge in [-0.1, -0.05) is 0 Å². The molecular formula is C14H22N2O4S. The third-order valence-electron chi connectivity index (χ3n) is 4.79. The minimum atomic E-state index is -2.99. The fourth-order valence-corrected chi connectivity index (χ4v) is 4.35. The average Bonchev–Trinajstić information content (AvgIpc) is 3.27. The van der Waals surface area contributed by atoms with E-state index in [1.54, 1.807) is 6.92 Å². The van der Waals surface area contributed by atoms with Crippen molar-refractivity contribution in [3.05, 3.63) is 0 Å². The monoisotopic (exact) mass is 314 g/mol. The smallest absolute Gasteiger partial charge is 0.244 e. The normalized spacial score (nSPS) is 32.3. The Balaban J connectivity index is 1.47. The first-order valence-corrected chi connectivity index (χ1v) is 9.49. The van der Waals surface area contributed by atoms with Crippen molar-refractivity contribution in [3.63, 3.8) is 0 Å². The minimum Gasteiger partial charge on any atom is -0.344 e. The Labute approximate surface area is 125 Å². The van der Waals surface area contributed by atoms with E-state index < -0.39 is 15.9 Å². The molecular weight excluding hydrogens is 292 g/mol. The summed E-state index contributed by atoms with van der Waals surface area (Å²) in [6.07, 6.45) is 3.44. The van der Waals surface area contributed by atoms with Gasteiger partial charge in [-0.05, 0) is 38.0 Å². The molecule has 3 aliphatic rings. The average molecular weight is 314 g/mol. The van der Waals surface area contributed by atoms with Gasteiger partial charge in [-0.25, -0.2) is 8.42 Å². The zero-order valence-corrected chi connectivity index (χ0v) is 13.1. The van der Waals surface area contributed by atoms with Crippen LogP contribution in [-0.4, -0.2) is 55.8 Å². The van der Waals surface area contributed by atoms with Gasteiger partial charge in [0, 0.05) is 19.0 Å². The molecule has 1 aliphatic heterocycles. The Morgan fingerprint density at radius 3 is 2.38 bits per heavy atom. The molecule has 0 unspecified atom stereocenters. The predicted octanol–water partition coefficient (Wildman–Crippen LogP) is -0.206. The number of rotatable bonds is 4. The summed E-state index contributed by atoms with van der Waals surface area (Å²) in [6.45, 7) is 2.14. The van der Waals surface area contributed by atoms with Crippen molar-refractivity contribution < 1.29 is 18.0 Å². The topological polar surface area (TPSA) is 83.6 Å². The zero-order chi connectivity index (χ0) is 15.2. The lowest BCUT2D eigenvalue weighted by molar-refractivity contribution is -0.136. The maximum absolute atomic E-state index is 12.2. The lowest BCUT2D eigenvalue weighted by Crippen LogP contribution is -2.52. The molecule has 21 heavy (non-hydrogen) atoms. The molecule has 1 heterocycles. The lowest BCUT2D eigenvalue weighted by Gasteiger charge is -2.29. The summed E-state index contributed by atoms with van der Waals surface area (Å²) >= 11 is 0. The van der Waals surface area contributed by atoms with Crippen molar-refractivity contribution >= 4 is 21.7 Å². The van der Waals surface area contributed by atoms with Crippen LogP contribution in [0.4, 0.5) is 0 Å². The fourth-order valence-electron chi connectivity index (χ4n) is 3.15. The summed E-state index contributed by atoms with van der Waals surface area (Å²) in [5.41, 5.74) is 0. The Morgan fingerprint density at radius 2 is 1.81 bits per heavy atom. The molecule has 3 rings (SSSR count). The van der Waals surface area contributed by atoms with Gasteiger partial charge in [0.15, 0.2) is 9.84 Å². The van der Waals surface area contributed by atoms with Gasteiger partial charge in [0.05, 0.1) is 11.5 Å². The molecule has 3 atom stereocenters. The molecule has 7 heteroatoms. The van der Waals surface area contributed by atoms with E-state index in [1.807, 2.05) is 0 Å². The van der Waals surface area contributed by atoms with E-state index in [4.69, 9.17) is 0 Å². The van der Waals surface area contributed by atoms with Crippen LogP contribution in [0, 0.1) is 17.8 Å². The molecule has 0 aromatic heterocycles. The van der Waals surface area contributed by atoms with E-state index in [0.717, 1.165) is 12.3 Å². The Morgan fingerprint density at radius 1 is 1.19 bits per heavy atom. The highest BCUT2D eigenvalue weighted by molar-refractivity contribution is 7.91. The SMILES string of the molecule is C[C@H](NC(=O)[C@H]1C[C@H]1C1CC1)C(=O)N1CCS(=O)(=O)CC1. The van der Waals surface area contributed by atoms with Crippen LogP contribution in [0.3, 0.4) is 0 Å². The van der Waals surface area contributed by atoms with Crippen LogP contribution in [0.15, 0.2) is 0 Å². The second-order valence-electron chi connectivity index (χ2n) is 6.55. The van der Waals surface area contributed by atoms with Gasteiger partial charge in [0.1, 0.15) is 6.04 Å². The van der Waals surface area contributed by atoms with Gasteiger partial charge in [0.2, 0.25) is 11.8 Å². The van der Waals surface area contributed by atoms with Crippen LogP contribution in [-0.2, 0) is 19.4 Å². The molecule has 0 aromatic carbocycles. The summed E-state index contributed by atoms with van der Waals surface area (Å²) in [5.74, 6) is 1.21. The first-order chi connectivity index (χ1) is 9.87. The lowest BCUT2D eigenvalue weighted by atomic mass is 10.2. The van der Waals surface area contributed by atoms with Crippen LogP contribution in [0.5, 0.6) is 0 Å². The van der Waals surface area contributed by atoms with Gasteiger partial charge >= 0.3 is 0 Å². The fraction of sp³-hybridized carbons (Fsp3) is 0.857. The van der Waals surface area contributed by atoms with Crippen molar-refractivity contribution in [1.82, 2.24) is 10.2 Å². The highest BCUT2D eigenvalue weighted by Gasteiger charge is 2.51. The summed E-state index contributed by atoms with van der Waals surface area (Å²) in [6, 6.07) is -0.571. The van der Waals surface area contributed by atoms with Crippen LogP contribution in [0.2, 0.25) is 0 Å². The van der Waals surface area contributed by atoms with Crippen LogP contribution in [0.25, 0.3) is 0 Å².